The molecule has 280 valence electrons. The van der Waals surface area contributed by atoms with E-state index in [1.54, 1.807) is 0 Å². The molecule has 3 nitrogen and oxygen atoms in total. The van der Waals surface area contributed by atoms with Gasteiger partial charge in [0.15, 0.2) is 5.82 Å². The van der Waals surface area contributed by atoms with Crippen LogP contribution in [0, 0.1) is 0 Å². The highest BCUT2D eigenvalue weighted by molar-refractivity contribution is 5.87. The highest BCUT2D eigenvalue weighted by Gasteiger charge is 2.23. The zero-order valence-corrected chi connectivity index (χ0v) is 32.5. The Morgan fingerprint density at radius 3 is 1.97 bits per heavy atom. The number of nitrogens with zero attached hydrogens (tertiary/aromatic N) is 3. The summed E-state index contributed by atoms with van der Waals surface area (Å²) in [6.45, 7) is 0.857. The van der Waals surface area contributed by atoms with E-state index in [0.717, 1.165) is 53.3 Å². The summed E-state index contributed by atoms with van der Waals surface area (Å²) in [4.78, 5) is 15.0. The van der Waals surface area contributed by atoms with Crippen LogP contribution in [0.2, 0.25) is 0 Å². The van der Waals surface area contributed by atoms with E-state index in [-0.39, 0.29) is 11.8 Å². The van der Waals surface area contributed by atoms with Crippen LogP contribution in [0.5, 0.6) is 0 Å². The average Bonchev–Trinajstić information content (AvgIpc) is 3.31. The number of hydrogen-bond donors (Lipinski definition) is 0. The maximum atomic E-state index is 5.26. The Kier molecular flexibility index (Phi) is 11.0. The summed E-state index contributed by atoms with van der Waals surface area (Å²) < 4.78 is 0. The molecular formula is C55H45N3. The Morgan fingerprint density at radius 2 is 1.22 bits per heavy atom. The van der Waals surface area contributed by atoms with Crippen molar-refractivity contribution in [3.05, 3.63) is 239 Å². The second kappa shape index (κ2) is 17.4. The van der Waals surface area contributed by atoms with Crippen molar-refractivity contribution in [3.63, 3.8) is 0 Å². The third-order valence-electron chi connectivity index (χ3n) is 11.1. The second-order valence-corrected chi connectivity index (χ2v) is 15.0. The second-order valence-electron chi connectivity index (χ2n) is 15.0. The number of benzene rings is 5. The molecule has 0 spiro atoms. The predicted octanol–water partition coefficient (Wildman–Crippen LogP) is 13.6. The molecule has 6 aromatic rings. The number of aromatic nitrogens is 2. The minimum absolute atomic E-state index is 0.126. The Morgan fingerprint density at radius 1 is 0.552 bits per heavy atom. The highest BCUT2D eigenvalue weighted by Crippen LogP contribution is 2.39. The molecule has 0 amide bonds. The van der Waals surface area contributed by atoms with Crippen LogP contribution in [-0.4, -0.2) is 22.7 Å². The monoisotopic (exact) mass is 747 g/mol. The van der Waals surface area contributed by atoms with Gasteiger partial charge in [-0.3, -0.25) is 4.99 Å². The number of hydrogen-bond acceptors (Lipinski definition) is 3. The number of dihydropyridines is 1. The molecule has 2 aliphatic carbocycles. The fourth-order valence-corrected chi connectivity index (χ4v) is 8.04. The van der Waals surface area contributed by atoms with Crippen LogP contribution in [-0.2, 0) is 0 Å². The van der Waals surface area contributed by atoms with Crippen LogP contribution < -0.4 is 0 Å². The minimum Gasteiger partial charge on any atom is -0.292 e. The van der Waals surface area contributed by atoms with Crippen LogP contribution in [0.3, 0.4) is 0 Å². The average molecular weight is 748 g/mol. The lowest BCUT2D eigenvalue weighted by Gasteiger charge is -2.25. The first-order valence-corrected chi connectivity index (χ1v) is 20.3. The summed E-state index contributed by atoms with van der Waals surface area (Å²) in [7, 11) is 0. The summed E-state index contributed by atoms with van der Waals surface area (Å²) in [5.74, 6) is 1.43. The largest absolute Gasteiger partial charge is 0.292 e. The minimum atomic E-state index is 0.126. The lowest BCUT2D eigenvalue weighted by Crippen LogP contribution is -2.09. The van der Waals surface area contributed by atoms with Crippen molar-refractivity contribution in [2.24, 2.45) is 4.99 Å². The molecule has 5 aromatic carbocycles. The van der Waals surface area contributed by atoms with Crippen LogP contribution in [0.15, 0.2) is 216 Å². The Hall–Kier alpha value is -6.97. The van der Waals surface area contributed by atoms with Gasteiger partial charge in [0.1, 0.15) is 0 Å². The van der Waals surface area contributed by atoms with Gasteiger partial charge in [-0.25, -0.2) is 9.97 Å². The van der Waals surface area contributed by atoms with E-state index in [1.807, 2.05) is 12.3 Å². The van der Waals surface area contributed by atoms with Gasteiger partial charge in [0, 0.05) is 41.6 Å². The number of allylic oxidation sites excluding steroid dienone is 11. The first-order valence-electron chi connectivity index (χ1n) is 20.3. The normalized spacial score (nSPS) is 18.8. The van der Waals surface area contributed by atoms with Crippen molar-refractivity contribution in [2.45, 2.75) is 30.6 Å². The van der Waals surface area contributed by atoms with Crippen LogP contribution in [0.25, 0.3) is 45.9 Å². The highest BCUT2D eigenvalue weighted by atomic mass is 14.9. The molecule has 0 fully saturated rings. The Labute approximate surface area is 342 Å². The van der Waals surface area contributed by atoms with Gasteiger partial charge < -0.3 is 0 Å². The third kappa shape index (κ3) is 8.55. The van der Waals surface area contributed by atoms with E-state index >= 15 is 0 Å². The fraction of sp³-hybridized carbons (Fsp3) is 0.109. The van der Waals surface area contributed by atoms with Gasteiger partial charge in [0.25, 0.3) is 0 Å². The predicted molar refractivity (Wildman–Crippen MR) is 244 cm³/mol. The van der Waals surface area contributed by atoms with Gasteiger partial charge in [0.05, 0.1) is 11.4 Å². The summed E-state index contributed by atoms with van der Waals surface area (Å²) >= 11 is 0. The van der Waals surface area contributed by atoms with Crippen LogP contribution in [0.1, 0.15) is 58.5 Å². The van der Waals surface area contributed by atoms with Crippen LogP contribution in [0.4, 0.5) is 0 Å². The Bertz CT molecular complexity index is 2620. The summed E-state index contributed by atoms with van der Waals surface area (Å²) in [5.41, 5.74) is 13.7. The lowest BCUT2D eigenvalue weighted by molar-refractivity contribution is 0.730. The molecule has 0 radical (unpaired) electrons. The van der Waals surface area contributed by atoms with Crippen molar-refractivity contribution < 1.29 is 0 Å². The molecule has 0 saturated carbocycles. The van der Waals surface area contributed by atoms with E-state index in [0.29, 0.717) is 5.92 Å². The van der Waals surface area contributed by atoms with Gasteiger partial charge in [-0.15, -0.1) is 0 Å². The molecule has 9 rings (SSSR count). The van der Waals surface area contributed by atoms with Crippen molar-refractivity contribution in [3.8, 4) is 33.8 Å². The molecule has 0 N–H and O–H groups in total. The smallest absolute Gasteiger partial charge is 0.160 e. The molecule has 3 heteroatoms. The van der Waals surface area contributed by atoms with Gasteiger partial charge in [0.2, 0.25) is 0 Å². The van der Waals surface area contributed by atoms with E-state index in [1.165, 1.54) is 39.0 Å². The SMILES string of the molecule is C1=CC(c2ccccc2)C(c2cccc(-c3ccc(-c4nc(-c5ccc(/C=C/C=C\c6ccccc6)cc5)cc(C5C=C(C6=CCCN=C6)C=CC5)n4)cc3)c2)C=C1. The summed E-state index contributed by atoms with van der Waals surface area (Å²) in [6.07, 6.45) is 30.4. The van der Waals surface area contributed by atoms with Crippen molar-refractivity contribution in [1.29, 1.82) is 0 Å². The number of aliphatic imine (C=N–C) groups is 1. The van der Waals surface area contributed by atoms with E-state index in [9.17, 15) is 0 Å². The Balaban J connectivity index is 1.01. The maximum Gasteiger partial charge on any atom is 0.160 e. The number of rotatable bonds is 10. The third-order valence-corrected chi connectivity index (χ3v) is 11.1. The van der Waals surface area contributed by atoms with Gasteiger partial charge in [-0.2, -0.15) is 0 Å². The molecule has 2 heterocycles. The first kappa shape index (κ1) is 36.7. The summed E-state index contributed by atoms with van der Waals surface area (Å²) in [6, 6.07) is 49.7. The molecule has 58 heavy (non-hydrogen) atoms. The van der Waals surface area contributed by atoms with Gasteiger partial charge in [-0.05, 0) is 63.4 Å². The molecular weight excluding hydrogens is 703 g/mol. The molecule has 3 aliphatic rings. The lowest BCUT2D eigenvalue weighted by atomic mass is 9.78. The van der Waals surface area contributed by atoms with Crippen molar-refractivity contribution in [2.75, 3.05) is 6.54 Å². The van der Waals surface area contributed by atoms with E-state index in [4.69, 9.17) is 9.97 Å². The quantitative estimate of drug-likeness (QED) is 0.131. The van der Waals surface area contributed by atoms with Gasteiger partial charge in [-0.1, -0.05) is 206 Å². The standard InChI is InChI=1S/C55H45N3/c1-3-14-40(15-4-1)16-7-8-17-41-27-29-44(30-28-41)53-38-54(49-23-12-21-47(37-49)50-24-13-35-56-39-50)58-55(57-53)45-33-31-42(32-34-45)46-20-11-22-48(36-46)52-26-10-9-25-51(52)43-18-5-2-6-19-43/h1-12,14-22,24-34,36-39,49,51-52H,13,23,35H2/b16-7-,17-8+. The first-order chi connectivity index (χ1) is 28.7. The van der Waals surface area contributed by atoms with Gasteiger partial charge >= 0.3 is 0 Å². The molecule has 3 unspecified atom stereocenters. The van der Waals surface area contributed by atoms with Crippen LogP contribution >= 0.6 is 0 Å². The topological polar surface area (TPSA) is 38.1 Å². The molecule has 1 aliphatic heterocycles. The molecule has 0 bridgehead atoms. The molecule has 0 saturated heterocycles. The molecule has 1 aromatic heterocycles. The van der Waals surface area contributed by atoms with Crippen molar-refractivity contribution >= 4 is 18.4 Å². The zero-order valence-electron chi connectivity index (χ0n) is 32.5. The zero-order chi connectivity index (χ0) is 38.9. The maximum absolute atomic E-state index is 5.26. The van der Waals surface area contributed by atoms with Crippen molar-refractivity contribution in [1.82, 2.24) is 9.97 Å². The fourth-order valence-electron chi connectivity index (χ4n) is 8.04. The van der Waals surface area contributed by atoms with E-state index in [2.05, 4.69) is 211 Å². The summed E-state index contributed by atoms with van der Waals surface area (Å²) in [5, 5.41) is 0. The van der Waals surface area contributed by atoms with E-state index < -0.39 is 0 Å². The molecule has 3 atom stereocenters.